The van der Waals surface area contributed by atoms with Crippen molar-refractivity contribution in [2.45, 2.75) is 38.6 Å². The van der Waals surface area contributed by atoms with Gasteiger partial charge in [0.1, 0.15) is 17.0 Å². The van der Waals surface area contributed by atoms with Crippen molar-refractivity contribution in [2.75, 3.05) is 5.32 Å². The Balaban J connectivity index is 0.00000108. The number of aromatic nitrogens is 2. The Morgan fingerprint density at radius 3 is 2.82 bits per heavy atom. The first kappa shape index (κ1) is 12.6. The minimum absolute atomic E-state index is 0. The van der Waals surface area contributed by atoms with E-state index < -0.39 is 0 Å². The Morgan fingerprint density at radius 1 is 1.29 bits per heavy atom. The lowest BCUT2D eigenvalue weighted by molar-refractivity contribution is -0.00000336. The summed E-state index contributed by atoms with van der Waals surface area (Å²) in [5.74, 6) is 1.02. The first-order valence-electron chi connectivity index (χ1n) is 5.80. The van der Waals surface area contributed by atoms with Crippen LogP contribution in [0.4, 0.5) is 5.82 Å². The highest BCUT2D eigenvalue weighted by atomic mass is 35.5. The summed E-state index contributed by atoms with van der Waals surface area (Å²) in [5, 5.41) is 4.73. The molecule has 0 radical (unpaired) electrons. The Labute approximate surface area is 111 Å². The van der Waals surface area contributed by atoms with Crippen LogP contribution in [0.3, 0.4) is 0 Å². The van der Waals surface area contributed by atoms with Crippen molar-refractivity contribution in [3.05, 3.63) is 17.3 Å². The molecule has 0 amide bonds. The largest absolute Gasteiger partial charge is 1.00 e. The molecule has 1 aliphatic carbocycles. The molecule has 1 saturated carbocycles. The smallest absolute Gasteiger partial charge is 0.138 e. The van der Waals surface area contributed by atoms with Gasteiger partial charge in [0.25, 0.3) is 0 Å². The van der Waals surface area contributed by atoms with Crippen LogP contribution in [0, 0.1) is 6.92 Å². The van der Waals surface area contributed by atoms with Gasteiger partial charge in [-0.05, 0) is 25.8 Å². The highest BCUT2D eigenvalue weighted by Crippen LogP contribution is 2.29. The van der Waals surface area contributed by atoms with Crippen LogP contribution in [0.5, 0.6) is 0 Å². The first-order chi connectivity index (χ1) is 7.83. The van der Waals surface area contributed by atoms with Gasteiger partial charge in [-0.3, -0.25) is 0 Å². The number of rotatable bonds is 2. The summed E-state index contributed by atoms with van der Waals surface area (Å²) in [6.07, 6.45) is 6.89. The number of thiophene rings is 1. The van der Waals surface area contributed by atoms with Crippen molar-refractivity contribution < 1.29 is 12.4 Å². The second-order valence-corrected chi connectivity index (χ2v) is 5.66. The predicted molar refractivity (Wildman–Crippen MR) is 68.0 cm³/mol. The third kappa shape index (κ3) is 2.53. The van der Waals surface area contributed by atoms with E-state index in [9.17, 15) is 0 Å². The zero-order valence-corrected chi connectivity index (χ0v) is 11.3. The topological polar surface area (TPSA) is 37.8 Å². The first-order valence-corrected chi connectivity index (χ1v) is 6.62. The quantitative estimate of drug-likeness (QED) is 0.855. The van der Waals surface area contributed by atoms with Crippen molar-refractivity contribution in [1.29, 1.82) is 0 Å². The monoisotopic (exact) mass is 268 g/mol. The molecular weight excluding hydrogens is 254 g/mol. The molecule has 1 aliphatic rings. The van der Waals surface area contributed by atoms with Crippen molar-refractivity contribution in [3.63, 3.8) is 0 Å². The molecule has 0 saturated heterocycles. The molecule has 0 unspecified atom stereocenters. The fourth-order valence-electron chi connectivity index (χ4n) is 2.35. The van der Waals surface area contributed by atoms with E-state index in [0.29, 0.717) is 6.04 Å². The van der Waals surface area contributed by atoms with E-state index in [1.165, 1.54) is 35.9 Å². The van der Waals surface area contributed by atoms with Crippen LogP contribution in [0.1, 0.15) is 30.6 Å². The molecule has 5 heteroatoms. The standard InChI is InChI=1S/C12H15N3S.ClH/c1-8-6-10-11(13-7-14-12(10)16-8)15-9-4-2-3-5-9;/h6-7,9H,2-5H2,1H3,(H,13,14,15);1H/p-1. The molecule has 2 aromatic rings. The number of hydrogen-bond donors (Lipinski definition) is 1. The average molecular weight is 269 g/mol. The molecule has 1 N–H and O–H groups in total. The fraction of sp³-hybridized carbons (Fsp3) is 0.500. The summed E-state index contributed by atoms with van der Waals surface area (Å²) in [6.45, 7) is 2.12. The molecule has 0 bridgehead atoms. The number of hydrogen-bond acceptors (Lipinski definition) is 4. The van der Waals surface area contributed by atoms with E-state index in [0.717, 1.165) is 10.6 Å². The van der Waals surface area contributed by atoms with E-state index in [2.05, 4.69) is 28.3 Å². The maximum Gasteiger partial charge on any atom is 0.138 e. The van der Waals surface area contributed by atoms with Crippen LogP contribution in [0.2, 0.25) is 0 Å². The van der Waals surface area contributed by atoms with E-state index in [1.807, 2.05) is 0 Å². The number of fused-ring (bicyclic) bond motifs is 1. The van der Waals surface area contributed by atoms with Crippen molar-refractivity contribution >= 4 is 27.4 Å². The molecule has 0 aliphatic heterocycles. The maximum absolute atomic E-state index is 4.37. The molecular formula is C12H15ClN3S-. The molecule has 17 heavy (non-hydrogen) atoms. The second-order valence-electron chi connectivity index (χ2n) is 4.42. The molecule has 0 aromatic carbocycles. The fourth-order valence-corrected chi connectivity index (χ4v) is 3.20. The molecule has 3 rings (SSSR count). The summed E-state index contributed by atoms with van der Waals surface area (Å²) in [5.41, 5.74) is 0. The number of nitrogens with one attached hydrogen (secondary N) is 1. The molecule has 1 fully saturated rings. The lowest BCUT2D eigenvalue weighted by Crippen LogP contribution is -3.00. The van der Waals surface area contributed by atoms with Gasteiger partial charge in [-0.2, -0.15) is 0 Å². The summed E-state index contributed by atoms with van der Waals surface area (Å²) in [6, 6.07) is 2.79. The van der Waals surface area contributed by atoms with Gasteiger partial charge < -0.3 is 17.7 Å². The highest BCUT2D eigenvalue weighted by Gasteiger charge is 2.16. The lowest BCUT2D eigenvalue weighted by Gasteiger charge is -2.12. The predicted octanol–water partition coefficient (Wildman–Crippen LogP) is 0.358. The summed E-state index contributed by atoms with van der Waals surface area (Å²) in [7, 11) is 0. The van der Waals surface area contributed by atoms with Gasteiger partial charge in [-0.25, -0.2) is 9.97 Å². The minimum atomic E-state index is 0. The second kappa shape index (κ2) is 5.19. The third-order valence-corrected chi connectivity index (χ3v) is 4.11. The van der Waals surface area contributed by atoms with Crippen LogP contribution >= 0.6 is 11.3 Å². The van der Waals surface area contributed by atoms with Crippen LogP contribution < -0.4 is 17.7 Å². The van der Waals surface area contributed by atoms with E-state index in [1.54, 1.807) is 17.7 Å². The molecule has 2 aromatic heterocycles. The molecule has 3 nitrogen and oxygen atoms in total. The van der Waals surface area contributed by atoms with E-state index >= 15 is 0 Å². The van der Waals surface area contributed by atoms with Gasteiger partial charge >= 0.3 is 0 Å². The van der Waals surface area contributed by atoms with Gasteiger partial charge in [-0.15, -0.1) is 11.3 Å². The van der Waals surface area contributed by atoms with E-state index in [-0.39, 0.29) is 12.4 Å². The minimum Gasteiger partial charge on any atom is -1.00 e. The van der Waals surface area contributed by atoms with E-state index in [4.69, 9.17) is 0 Å². The third-order valence-electron chi connectivity index (χ3n) is 3.15. The zero-order chi connectivity index (χ0) is 11.0. The summed E-state index contributed by atoms with van der Waals surface area (Å²) >= 11 is 1.73. The van der Waals surface area contributed by atoms with Gasteiger partial charge in [-0.1, -0.05) is 12.8 Å². The Bertz CT molecular complexity index is 505. The molecule has 92 valence electrons. The Kier molecular flexibility index (Phi) is 3.84. The number of nitrogens with zero attached hydrogens (tertiary/aromatic N) is 2. The van der Waals surface area contributed by atoms with Crippen LogP contribution in [-0.4, -0.2) is 16.0 Å². The van der Waals surface area contributed by atoms with Crippen LogP contribution in [0.15, 0.2) is 12.4 Å². The molecule has 2 heterocycles. The molecule has 0 atom stereocenters. The van der Waals surface area contributed by atoms with Crippen molar-refractivity contribution in [3.8, 4) is 0 Å². The van der Waals surface area contributed by atoms with Crippen LogP contribution in [0.25, 0.3) is 10.2 Å². The Morgan fingerprint density at radius 2 is 2.06 bits per heavy atom. The van der Waals surface area contributed by atoms with Gasteiger partial charge in [0.05, 0.1) is 5.39 Å². The number of anilines is 1. The average Bonchev–Trinajstić information content (AvgIpc) is 2.86. The maximum atomic E-state index is 4.37. The summed E-state index contributed by atoms with van der Waals surface area (Å²) < 4.78 is 0. The zero-order valence-electron chi connectivity index (χ0n) is 9.74. The highest BCUT2D eigenvalue weighted by molar-refractivity contribution is 7.18. The van der Waals surface area contributed by atoms with Crippen molar-refractivity contribution in [1.82, 2.24) is 9.97 Å². The lowest BCUT2D eigenvalue weighted by atomic mass is 10.2. The summed E-state index contributed by atoms with van der Waals surface area (Å²) in [4.78, 5) is 11.1. The molecule has 0 spiro atoms. The SMILES string of the molecule is Cc1cc2c(NC3CCCC3)ncnc2s1.[Cl-]. The Hall–Kier alpha value is -0.870. The van der Waals surface area contributed by atoms with Crippen molar-refractivity contribution in [2.24, 2.45) is 0 Å². The van der Waals surface area contributed by atoms with Crippen LogP contribution in [-0.2, 0) is 0 Å². The van der Waals surface area contributed by atoms with Gasteiger partial charge in [0.15, 0.2) is 0 Å². The normalized spacial score (nSPS) is 16.1. The van der Waals surface area contributed by atoms with Gasteiger partial charge in [0.2, 0.25) is 0 Å². The number of halogens is 1. The number of aryl methyl sites for hydroxylation is 1. The van der Waals surface area contributed by atoms with Gasteiger partial charge in [0, 0.05) is 10.9 Å².